The molecule has 2 rings (SSSR count). The Morgan fingerprint density at radius 2 is 1.95 bits per heavy atom. The first-order valence-electron chi connectivity index (χ1n) is 6.80. The summed E-state index contributed by atoms with van der Waals surface area (Å²) in [7, 11) is -3.85. The first-order valence-corrected chi connectivity index (χ1v) is 8.28. The van der Waals surface area contributed by atoms with Gasteiger partial charge in [0.1, 0.15) is 0 Å². The number of aromatic carboxylic acids is 1. The quantitative estimate of drug-likeness (QED) is 0.759. The van der Waals surface area contributed by atoms with Crippen LogP contribution < -0.4 is 4.72 Å². The summed E-state index contributed by atoms with van der Waals surface area (Å²) in [6, 6.07) is 4.12. The van der Waals surface area contributed by atoms with Crippen LogP contribution >= 0.6 is 0 Å². The Labute approximate surface area is 123 Å². The Hall–Kier alpha value is -1.44. The molecule has 0 bridgehead atoms. The fourth-order valence-electron chi connectivity index (χ4n) is 2.65. The molecule has 21 heavy (non-hydrogen) atoms. The van der Waals surface area contributed by atoms with Crippen LogP contribution in [0, 0.1) is 6.92 Å². The molecule has 6 nitrogen and oxygen atoms in total. The molecule has 0 heterocycles. The highest BCUT2D eigenvalue weighted by molar-refractivity contribution is 7.89. The summed E-state index contributed by atoms with van der Waals surface area (Å²) in [5, 5.41) is 19.2. The van der Waals surface area contributed by atoms with Crippen LogP contribution in [0.2, 0.25) is 0 Å². The van der Waals surface area contributed by atoms with Crippen molar-refractivity contribution in [3.05, 3.63) is 29.3 Å². The van der Waals surface area contributed by atoms with Crippen LogP contribution in [0.5, 0.6) is 0 Å². The van der Waals surface area contributed by atoms with Gasteiger partial charge in [-0.05, 0) is 37.5 Å². The van der Waals surface area contributed by atoms with Gasteiger partial charge in [-0.15, -0.1) is 0 Å². The molecule has 0 unspecified atom stereocenters. The van der Waals surface area contributed by atoms with Crippen LogP contribution in [-0.2, 0) is 10.0 Å². The van der Waals surface area contributed by atoms with E-state index >= 15 is 0 Å². The number of carboxylic acid groups (broad SMARTS) is 1. The van der Waals surface area contributed by atoms with Crippen LogP contribution in [0.15, 0.2) is 23.1 Å². The van der Waals surface area contributed by atoms with E-state index in [0.717, 1.165) is 12.8 Å². The largest absolute Gasteiger partial charge is 0.478 e. The molecule has 0 aliphatic heterocycles. The van der Waals surface area contributed by atoms with Gasteiger partial charge in [-0.25, -0.2) is 17.9 Å². The number of carbonyl (C=O) groups is 1. The molecule has 1 fully saturated rings. The maximum atomic E-state index is 12.3. The Balaban J connectivity index is 2.24. The van der Waals surface area contributed by atoms with Crippen molar-refractivity contribution < 1.29 is 23.4 Å². The second kappa shape index (κ2) is 5.75. The monoisotopic (exact) mass is 313 g/mol. The number of carboxylic acids is 1. The number of rotatable bonds is 5. The number of hydrogen-bond acceptors (Lipinski definition) is 4. The molecule has 0 amide bonds. The van der Waals surface area contributed by atoms with Crippen LogP contribution in [0.1, 0.15) is 41.6 Å². The van der Waals surface area contributed by atoms with Gasteiger partial charge in [-0.3, -0.25) is 0 Å². The number of aliphatic hydroxyl groups is 1. The summed E-state index contributed by atoms with van der Waals surface area (Å²) in [6.45, 7) is 1.41. The summed E-state index contributed by atoms with van der Waals surface area (Å²) in [6.07, 6.45) is 2.91. The molecule has 116 valence electrons. The van der Waals surface area contributed by atoms with Gasteiger partial charge in [-0.2, -0.15) is 0 Å². The zero-order valence-corrected chi connectivity index (χ0v) is 12.6. The third-order valence-corrected chi connectivity index (χ3v) is 5.48. The topological polar surface area (TPSA) is 104 Å². The van der Waals surface area contributed by atoms with E-state index in [1.165, 1.54) is 25.1 Å². The molecule has 1 aliphatic carbocycles. The van der Waals surface area contributed by atoms with E-state index in [9.17, 15) is 18.3 Å². The smallest absolute Gasteiger partial charge is 0.335 e. The zero-order chi connectivity index (χ0) is 15.7. The molecular weight excluding hydrogens is 294 g/mol. The number of hydrogen-bond donors (Lipinski definition) is 3. The number of sulfonamides is 1. The Morgan fingerprint density at radius 1 is 1.33 bits per heavy atom. The van der Waals surface area contributed by atoms with E-state index in [1.54, 1.807) is 0 Å². The van der Waals surface area contributed by atoms with Crippen molar-refractivity contribution in [1.82, 2.24) is 4.72 Å². The third-order valence-electron chi connectivity index (χ3n) is 3.93. The summed E-state index contributed by atoms with van der Waals surface area (Å²) in [5.41, 5.74) is -0.848. The van der Waals surface area contributed by atoms with E-state index < -0.39 is 21.6 Å². The first-order chi connectivity index (χ1) is 9.75. The minimum Gasteiger partial charge on any atom is -0.478 e. The summed E-state index contributed by atoms with van der Waals surface area (Å²) >= 11 is 0. The van der Waals surface area contributed by atoms with Gasteiger partial charge in [0.2, 0.25) is 10.0 Å². The molecule has 1 saturated carbocycles. The highest BCUT2D eigenvalue weighted by atomic mass is 32.2. The number of benzene rings is 1. The second-order valence-corrected chi connectivity index (χ2v) is 7.23. The predicted octanol–water partition coefficient (Wildman–Crippen LogP) is 1.28. The van der Waals surface area contributed by atoms with Crippen LogP contribution in [0.25, 0.3) is 0 Å². The molecular formula is C14H19NO5S. The molecule has 1 aliphatic rings. The van der Waals surface area contributed by atoms with Gasteiger partial charge in [0, 0.05) is 6.54 Å². The second-order valence-electron chi connectivity index (χ2n) is 5.49. The van der Waals surface area contributed by atoms with E-state index in [-0.39, 0.29) is 22.6 Å². The number of nitrogens with one attached hydrogen (secondary N) is 1. The van der Waals surface area contributed by atoms with Gasteiger partial charge >= 0.3 is 5.97 Å². The molecule has 7 heteroatoms. The van der Waals surface area contributed by atoms with Crippen LogP contribution in [0.4, 0.5) is 0 Å². The Kier molecular flexibility index (Phi) is 4.36. The lowest BCUT2D eigenvalue weighted by atomic mass is 10.0. The summed E-state index contributed by atoms with van der Waals surface area (Å²) in [5.74, 6) is -1.17. The van der Waals surface area contributed by atoms with Gasteiger partial charge in [0.05, 0.1) is 16.1 Å². The summed E-state index contributed by atoms with van der Waals surface area (Å²) in [4.78, 5) is 11.0. The van der Waals surface area contributed by atoms with Crippen molar-refractivity contribution in [3.8, 4) is 0 Å². The van der Waals surface area contributed by atoms with Gasteiger partial charge in [0.15, 0.2) is 0 Å². The van der Waals surface area contributed by atoms with E-state index in [1.807, 2.05) is 0 Å². The molecule has 0 radical (unpaired) electrons. The fraction of sp³-hybridized carbons (Fsp3) is 0.500. The molecule has 1 aromatic rings. The lowest BCUT2D eigenvalue weighted by molar-refractivity contribution is 0.0531. The minimum atomic E-state index is -3.85. The zero-order valence-electron chi connectivity index (χ0n) is 11.8. The average molecular weight is 313 g/mol. The Bertz CT molecular complexity index is 647. The lowest BCUT2D eigenvalue weighted by Crippen LogP contribution is -2.40. The standard InChI is InChI=1S/C14H19NO5S/c1-10-11(13(16)17)5-4-6-12(10)21(19,20)15-9-14(18)7-2-3-8-14/h4-6,15,18H,2-3,7-9H2,1H3,(H,16,17). The minimum absolute atomic E-state index is 0.0440. The van der Waals surface area contributed by atoms with Gasteiger partial charge < -0.3 is 10.2 Å². The average Bonchev–Trinajstić information content (AvgIpc) is 2.84. The van der Waals surface area contributed by atoms with Crippen molar-refractivity contribution in [1.29, 1.82) is 0 Å². The van der Waals surface area contributed by atoms with Crippen molar-refractivity contribution in [3.63, 3.8) is 0 Å². The molecule has 0 spiro atoms. The Morgan fingerprint density at radius 3 is 2.52 bits per heavy atom. The molecule has 0 atom stereocenters. The summed E-state index contributed by atoms with van der Waals surface area (Å²) < 4.78 is 27.0. The van der Waals surface area contributed by atoms with Gasteiger partial charge in [-0.1, -0.05) is 18.9 Å². The van der Waals surface area contributed by atoms with Crippen LogP contribution in [0.3, 0.4) is 0 Å². The van der Waals surface area contributed by atoms with Crippen molar-refractivity contribution in [2.45, 2.75) is 43.1 Å². The molecule has 0 saturated heterocycles. The third kappa shape index (κ3) is 3.42. The fourth-order valence-corrected chi connectivity index (χ4v) is 4.04. The highest BCUT2D eigenvalue weighted by Crippen LogP contribution is 2.29. The first kappa shape index (κ1) is 15.9. The van der Waals surface area contributed by atoms with Crippen molar-refractivity contribution in [2.75, 3.05) is 6.54 Å². The lowest BCUT2D eigenvalue weighted by Gasteiger charge is -2.22. The van der Waals surface area contributed by atoms with Crippen molar-refractivity contribution >= 4 is 16.0 Å². The normalized spacial score (nSPS) is 17.8. The van der Waals surface area contributed by atoms with E-state index in [0.29, 0.717) is 12.8 Å². The highest BCUT2D eigenvalue weighted by Gasteiger charge is 2.33. The molecule has 0 aromatic heterocycles. The predicted molar refractivity (Wildman–Crippen MR) is 76.7 cm³/mol. The van der Waals surface area contributed by atoms with Crippen LogP contribution in [-0.4, -0.2) is 36.7 Å². The molecule has 1 aromatic carbocycles. The SMILES string of the molecule is Cc1c(C(=O)O)cccc1S(=O)(=O)NCC1(O)CCCC1. The molecule has 3 N–H and O–H groups in total. The maximum absolute atomic E-state index is 12.3. The van der Waals surface area contributed by atoms with Crippen molar-refractivity contribution in [2.24, 2.45) is 0 Å². The van der Waals surface area contributed by atoms with E-state index in [4.69, 9.17) is 5.11 Å². The van der Waals surface area contributed by atoms with Gasteiger partial charge in [0.25, 0.3) is 0 Å². The van der Waals surface area contributed by atoms with E-state index in [2.05, 4.69) is 4.72 Å². The maximum Gasteiger partial charge on any atom is 0.335 e.